The van der Waals surface area contributed by atoms with E-state index in [1.807, 2.05) is 0 Å². The normalized spacial score (nSPS) is 19.4. The van der Waals surface area contributed by atoms with Gasteiger partial charge in [-0.1, -0.05) is 0 Å². The van der Waals surface area contributed by atoms with Gasteiger partial charge in [-0.2, -0.15) is 13.2 Å². The third-order valence-electron chi connectivity index (χ3n) is 3.31. The molecule has 1 unspecified atom stereocenters. The van der Waals surface area contributed by atoms with E-state index < -0.39 is 12.7 Å². The lowest BCUT2D eigenvalue weighted by Crippen LogP contribution is -2.42. The standard InChI is InChI=1S/C14H27F3N4O2/c1-18-13(20-6-7-21(2)11-14(15,16)17)19-5-3-8-23-12-4-9-22-10-12/h12H,3-11H2,1-2H3,(H2,18,19,20). The van der Waals surface area contributed by atoms with Crippen LogP contribution in [0.2, 0.25) is 0 Å². The highest BCUT2D eigenvalue weighted by atomic mass is 19.4. The first-order valence-electron chi connectivity index (χ1n) is 7.80. The summed E-state index contributed by atoms with van der Waals surface area (Å²) in [4.78, 5) is 5.25. The fourth-order valence-electron chi connectivity index (χ4n) is 2.14. The molecule has 0 aromatic carbocycles. The van der Waals surface area contributed by atoms with Crippen molar-refractivity contribution in [1.82, 2.24) is 15.5 Å². The highest BCUT2D eigenvalue weighted by Crippen LogP contribution is 2.14. The van der Waals surface area contributed by atoms with Crippen LogP contribution in [0.5, 0.6) is 0 Å². The van der Waals surface area contributed by atoms with Gasteiger partial charge in [-0.05, 0) is 19.9 Å². The van der Waals surface area contributed by atoms with Crippen LogP contribution in [-0.4, -0.2) is 83.2 Å². The summed E-state index contributed by atoms with van der Waals surface area (Å²) in [5.74, 6) is 0.578. The molecule has 0 bridgehead atoms. The molecule has 1 atom stereocenters. The molecule has 2 N–H and O–H groups in total. The number of hydrogen-bond acceptors (Lipinski definition) is 4. The Morgan fingerprint density at radius 1 is 1.35 bits per heavy atom. The molecular weight excluding hydrogens is 313 g/mol. The molecule has 9 heteroatoms. The molecule has 0 aromatic rings. The van der Waals surface area contributed by atoms with Crippen molar-refractivity contribution in [2.75, 3.05) is 60.1 Å². The fraction of sp³-hybridized carbons (Fsp3) is 0.929. The SMILES string of the molecule is CN=C(NCCCOC1CCOC1)NCCN(C)CC(F)(F)F. The van der Waals surface area contributed by atoms with Crippen LogP contribution >= 0.6 is 0 Å². The monoisotopic (exact) mass is 340 g/mol. The van der Waals surface area contributed by atoms with Crippen molar-refractivity contribution in [3.05, 3.63) is 0 Å². The van der Waals surface area contributed by atoms with E-state index in [4.69, 9.17) is 9.47 Å². The first-order valence-corrected chi connectivity index (χ1v) is 7.80. The van der Waals surface area contributed by atoms with Gasteiger partial charge in [-0.15, -0.1) is 0 Å². The number of likely N-dealkylation sites (N-methyl/N-ethyl adjacent to an activating group) is 1. The molecule has 1 aliphatic heterocycles. The van der Waals surface area contributed by atoms with Crippen LogP contribution in [0, 0.1) is 0 Å². The van der Waals surface area contributed by atoms with Crippen molar-refractivity contribution in [2.45, 2.75) is 25.1 Å². The Morgan fingerprint density at radius 3 is 2.70 bits per heavy atom. The van der Waals surface area contributed by atoms with Gasteiger partial charge < -0.3 is 20.1 Å². The smallest absolute Gasteiger partial charge is 0.379 e. The lowest BCUT2D eigenvalue weighted by atomic mass is 10.3. The van der Waals surface area contributed by atoms with Crippen LogP contribution in [0.15, 0.2) is 4.99 Å². The molecule has 0 saturated carbocycles. The molecule has 0 spiro atoms. The summed E-state index contributed by atoms with van der Waals surface area (Å²) in [7, 11) is 3.07. The maximum absolute atomic E-state index is 12.2. The molecule has 1 heterocycles. The predicted octanol–water partition coefficient (Wildman–Crippen LogP) is 0.841. The lowest BCUT2D eigenvalue weighted by molar-refractivity contribution is -0.142. The van der Waals surface area contributed by atoms with Crippen molar-refractivity contribution in [2.24, 2.45) is 4.99 Å². The summed E-state index contributed by atoms with van der Waals surface area (Å²) in [6, 6.07) is 0. The number of nitrogens with zero attached hydrogens (tertiary/aromatic N) is 2. The van der Waals surface area contributed by atoms with E-state index in [2.05, 4.69) is 15.6 Å². The maximum atomic E-state index is 12.2. The van der Waals surface area contributed by atoms with E-state index in [1.165, 1.54) is 11.9 Å². The Morgan fingerprint density at radius 2 is 2.09 bits per heavy atom. The number of aliphatic imine (C=N–C) groups is 1. The summed E-state index contributed by atoms with van der Waals surface area (Å²) in [5.41, 5.74) is 0. The molecular formula is C14H27F3N4O2. The van der Waals surface area contributed by atoms with E-state index in [1.54, 1.807) is 7.05 Å². The average molecular weight is 340 g/mol. The minimum absolute atomic E-state index is 0.205. The minimum Gasteiger partial charge on any atom is -0.379 e. The van der Waals surface area contributed by atoms with Gasteiger partial charge in [0.1, 0.15) is 0 Å². The second kappa shape index (κ2) is 10.7. The van der Waals surface area contributed by atoms with Gasteiger partial charge in [0, 0.05) is 39.9 Å². The van der Waals surface area contributed by atoms with E-state index in [0.29, 0.717) is 32.3 Å². The number of rotatable bonds is 9. The average Bonchev–Trinajstić information content (AvgIpc) is 2.96. The fourth-order valence-corrected chi connectivity index (χ4v) is 2.14. The number of alkyl halides is 3. The van der Waals surface area contributed by atoms with Gasteiger partial charge in [-0.25, -0.2) is 0 Å². The molecule has 1 rings (SSSR count). The second-order valence-corrected chi connectivity index (χ2v) is 5.49. The van der Waals surface area contributed by atoms with Crippen LogP contribution < -0.4 is 10.6 Å². The van der Waals surface area contributed by atoms with Crippen LogP contribution in [0.1, 0.15) is 12.8 Å². The Balaban J connectivity index is 2.03. The third kappa shape index (κ3) is 10.4. The third-order valence-corrected chi connectivity index (χ3v) is 3.31. The predicted molar refractivity (Wildman–Crippen MR) is 82.7 cm³/mol. The first-order chi connectivity index (χ1) is 10.9. The number of halogens is 3. The van der Waals surface area contributed by atoms with Gasteiger partial charge in [0.05, 0.1) is 19.3 Å². The first kappa shape index (κ1) is 20.0. The van der Waals surface area contributed by atoms with Gasteiger partial charge in [0.2, 0.25) is 0 Å². The largest absolute Gasteiger partial charge is 0.401 e. The summed E-state index contributed by atoms with van der Waals surface area (Å²) < 4.78 is 47.4. The Kier molecular flexibility index (Phi) is 9.27. The minimum atomic E-state index is -4.17. The molecule has 0 aromatic heterocycles. The highest BCUT2D eigenvalue weighted by molar-refractivity contribution is 5.79. The summed E-state index contributed by atoms with van der Waals surface area (Å²) in [6.45, 7) is 2.53. The zero-order chi connectivity index (χ0) is 17.1. The lowest BCUT2D eigenvalue weighted by Gasteiger charge is -2.19. The highest BCUT2D eigenvalue weighted by Gasteiger charge is 2.28. The van der Waals surface area contributed by atoms with Crippen molar-refractivity contribution < 1.29 is 22.6 Å². The van der Waals surface area contributed by atoms with Gasteiger partial charge in [0.25, 0.3) is 0 Å². The van der Waals surface area contributed by atoms with E-state index in [0.717, 1.165) is 19.4 Å². The molecule has 1 fully saturated rings. The molecule has 6 nitrogen and oxygen atoms in total. The van der Waals surface area contributed by atoms with Crippen molar-refractivity contribution >= 4 is 5.96 Å². The van der Waals surface area contributed by atoms with Crippen molar-refractivity contribution in [3.63, 3.8) is 0 Å². The Bertz CT molecular complexity index is 347. The van der Waals surface area contributed by atoms with E-state index >= 15 is 0 Å². The van der Waals surface area contributed by atoms with Crippen molar-refractivity contribution in [3.8, 4) is 0 Å². The number of guanidine groups is 1. The van der Waals surface area contributed by atoms with Crippen molar-refractivity contribution in [1.29, 1.82) is 0 Å². The maximum Gasteiger partial charge on any atom is 0.401 e. The summed E-state index contributed by atoms with van der Waals surface area (Å²) in [6.07, 6.45) is -2.19. The Labute approximate surface area is 135 Å². The molecule has 1 aliphatic rings. The zero-order valence-electron chi connectivity index (χ0n) is 13.8. The molecule has 1 saturated heterocycles. The quantitative estimate of drug-likeness (QED) is 0.370. The topological polar surface area (TPSA) is 58.1 Å². The molecule has 0 radical (unpaired) electrons. The molecule has 0 aliphatic carbocycles. The molecule has 136 valence electrons. The number of nitrogens with one attached hydrogen (secondary N) is 2. The van der Waals surface area contributed by atoms with Crippen LogP contribution in [0.3, 0.4) is 0 Å². The van der Waals surface area contributed by atoms with Gasteiger partial charge in [-0.3, -0.25) is 9.89 Å². The van der Waals surface area contributed by atoms with Gasteiger partial charge in [0.15, 0.2) is 5.96 Å². The second-order valence-electron chi connectivity index (χ2n) is 5.49. The van der Waals surface area contributed by atoms with Crippen LogP contribution in [0.25, 0.3) is 0 Å². The summed E-state index contributed by atoms with van der Waals surface area (Å²) >= 11 is 0. The Hall–Kier alpha value is -1.06. The molecule has 0 amide bonds. The van der Waals surface area contributed by atoms with Crippen LogP contribution in [0.4, 0.5) is 13.2 Å². The molecule has 23 heavy (non-hydrogen) atoms. The number of ether oxygens (including phenoxy) is 2. The zero-order valence-corrected chi connectivity index (χ0v) is 13.8. The van der Waals surface area contributed by atoms with E-state index in [9.17, 15) is 13.2 Å². The summed E-state index contributed by atoms with van der Waals surface area (Å²) in [5, 5.41) is 6.09. The number of hydrogen-bond donors (Lipinski definition) is 2. The van der Waals surface area contributed by atoms with E-state index in [-0.39, 0.29) is 12.6 Å². The van der Waals surface area contributed by atoms with Gasteiger partial charge >= 0.3 is 6.18 Å². The van der Waals surface area contributed by atoms with Crippen LogP contribution in [-0.2, 0) is 9.47 Å².